The summed E-state index contributed by atoms with van der Waals surface area (Å²) in [5.41, 5.74) is 0.618. The first kappa shape index (κ1) is 12.8. The largest absolute Gasteiger partial charge is 0.462 e. The highest BCUT2D eigenvalue weighted by Crippen LogP contribution is 2.01. The zero-order valence-corrected chi connectivity index (χ0v) is 9.69. The van der Waals surface area contributed by atoms with E-state index in [0.717, 1.165) is 0 Å². The first-order valence-corrected chi connectivity index (χ1v) is 5.10. The Labute approximate surface area is 98.8 Å². The predicted octanol–water partition coefficient (Wildman–Crippen LogP) is 1.04. The van der Waals surface area contributed by atoms with Crippen molar-refractivity contribution in [1.82, 2.24) is 10.5 Å². The van der Waals surface area contributed by atoms with Crippen molar-refractivity contribution in [3.63, 3.8) is 0 Å². The number of nitriles is 1. The quantitative estimate of drug-likeness (QED) is 0.466. The minimum atomic E-state index is -0.640. The van der Waals surface area contributed by atoms with Crippen LogP contribution in [0.15, 0.2) is 22.4 Å². The van der Waals surface area contributed by atoms with Gasteiger partial charge in [-0.3, -0.25) is 0 Å². The summed E-state index contributed by atoms with van der Waals surface area (Å²) < 4.78 is 9.56. The van der Waals surface area contributed by atoms with Crippen molar-refractivity contribution < 1.29 is 14.1 Å². The molecule has 17 heavy (non-hydrogen) atoms. The number of carbonyl (C=O) groups is 1. The molecule has 0 amide bonds. The SMILES string of the molecule is CCOC(=O)C(C#N)=CNCc1cc(C)on1. The molecule has 0 unspecified atom stereocenters. The number of carbonyl (C=O) groups excluding carboxylic acids is 1. The molecule has 0 aliphatic heterocycles. The van der Waals surface area contributed by atoms with Crippen LogP contribution in [0.3, 0.4) is 0 Å². The van der Waals surface area contributed by atoms with Crippen molar-refractivity contribution in [3.8, 4) is 6.07 Å². The van der Waals surface area contributed by atoms with E-state index in [1.54, 1.807) is 26.0 Å². The van der Waals surface area contributed by atoms with Crippen LogP contribution in [-0.4, -0.2) is 17.7 Å². The number of aryl methyl sites for hydroxylation is 1. The Kier molecular flexibility index (Phi) is 4.76. The maximum Gasteiger partial charge on any atom is 0.350 e. The molecule has 0 atom stereocenters. The molecule has 1 aromatic rings. The lowest BCUT2D eigenvalue weighted by Crippen LogP contribution is -2.12. The van der Waals surface area contributed by atoms with Crippen molar-refractivity contribution >= 4 is 5.97 Å². The second-order valence-corrected chi connectivity index (χ2v) is 3.20. The fourth-order valence-corrected chi connectivity index (χ4v) is 1.10. The van der Waals surface area contributed by atoms with Gasteiger partial charge < -0.3 is 14.6 Å². The number of esters is 1. The molecule has 1 aromatic heterocycles. The van der Waals surface area contributed by atoms with Gasteiger partial charge in [-0.25, -0.2) is 4.79 Å². The molecular formula is C11H13N3O3. The molecule has 0 spiro atoms. The molecule has 0 fully saturated rings. The fourth-order valence-electron chi connectivity index (χ4n) is 1.10. The molecule has 0 saturated carbocycles. The highest BCUT2D eigenvalue weighted by Gasteiger charge is 2.09. The summed E-state index contributed by atoms with van der Waals surface area (Å²) in [7, 11) is 0. The van der Waals surface area contributed by atoms with Gasteiger partial charge in [0.1, 0.15) is 17.5 Å². The third-order valence-electron chi connectivity index (χ3n) is 1.82. The van der Waals surface area contributed by atoms with Crippen LogP contribution in [0, 0.1) is 18.3 Å². The minimum Gasteiger partial charge on any atom is -0.462 e. The zero-order valence-electron chi connectivity index (χ0n) is 9.69. The van der Waals surface area contributed by atoms with Gasteiger partial charge in [0.25, 0.3) is 0 Å². The second kappa shape index (κ2) is 6.33. The van der Waals surface area contributed by atoms with E-state index in [-0.39, 0.29) is 12.2 Å². The maximum absolute atomic E-state index is 11.2. The van der Waals surface area contributed by atoms with Crippen molar-refractivity contribution in [2.75, 3.05) is 6.61 Å². The van der Waals surface area contributed by atoms with E-state index in [4.69, 9.17) is 14.5 Å². The number of nitrogens with one attached hydrogen (secondary N) is 1. The van der Waals surface area contributed by atoms with E-state index in [9.17, 15) is 4.79 Å². The minimum absolute atomic E-state index is 0.0768. The van der Waals surface area contributed by atoms with E-state index in [1.165, 1.54) is 6.20 Å². The first-order valence-electron chi connectivity index (χ1n) is 5.10. The molecule has 0 aromatic carbocycles. The highest BCUT2D eigenvalue weighted by molar-refractivity contribution is 5.92. The van der Waals surface area contributed by atoms with Crippen LogP contribution in [0.4, 0.5) is 0 Å². The average molecular weight is 235 g/mol. The number of hydrogen-bond acceptors (Lipinski definition) is 6. The molecule has 0 saturated heterocycles. The van der Waals surface area contributed by atoms with Gasteiger partial charge in [-0.15, -0.1) is 0 Å². The Hall–Kier alpha value is -2.29. The number of aromatic nitrogens is 1. The lowest BCUT2D eigenvalue weighted by Gasteiger charge is -2.00. The molecule has 0 bridgehead atoms. The molecule has 6 heteroatoms. The van der Waals surface area contributed by atoms with Crippen LogP contribution in [0.1, 0.15) is 18.4 Å². The van der Waals surface area contributed by atoms with Gasteiger partial charge in [-0.1, -0.05) is 5.16 Å². The normalized spacial score (nSPS) is 10.8. The van der Waals surface area contributed by atoms with E-state index < -0.39 is 5.97 Å². The Morgan fingerprint density at radius 3 is 3.06 bits per heavy atom. The van der Waals surface area contributed by atoms with E-state index >= 15 is 0 Å². The summed E-state index contributed by atoms with van der Waals surface area (Å²) in [5.74, 6) is 0.0653. The molecule has 1 N–H and O–H groups in total. The third-order valence-corrected chi connectivity index (χ3v) is 1.82. The third kappa shape index (κ3) is 3.99. The summed E-state index contributed by atoms with van der Waals surface area (Å²) in [6.07, 6.45) is 1.31. The first-order chi connectivity index (χ1) is 8.17. The van der Waals surface area contributed by atoms with Crippen LogP contribution < -0.4 is 5.32 Å². The van der Waals surface area contributed by atoms with Gasteiger partial charge in [0.15, 0.2) is 5.57 Å². The highest BCUT2D eigenvalue weighted by atomic mass is 16.5. The number of ether oxygens (including phenoxy) is 1. The van der Waals surface area contributed by atoms with Crippen molar-refractivity contribution in [3.05, 3.63) is 29.3 Å². The molecule has 90 valence electrons. The van der Waals surface area contributed by atoms with E-state index in [0.29, 0.717) is 18.0 Å². The van der Waals surface area contributed by atoms with Crippen molar-refractivity contribution in [2.24, 2.45) is 0 Å². The second-order valence-electron chi connectivity index (χ2n) is 3.20. The lowest BCUT2D eigenvalue weighted by molar-refractivity contribution is -0.138. The van der Waals surface area contributed by atoms with E-state index in [1.807, 2.05) is 0 Å². The maximum atomic E-state index is 11.2. The van der Waals surface area contributed by atoms with Gasteiger partial charge in [0.05, 0.1) is 13.2 Å². The van der Waals surface area contributed by atoms with Crippen molar-refractivity contribution in [1.29, 1.82) is 5.26 Å². The number of nitrogens with zero attached hydrogens (tertiary/aromatic N) is 2. The smallest absolute Gasteiger partial charge is 0.350 e. The standard InChI is InChI=1S/C11H13N3O3/c1-3-16-11(15)9(5-12)6-13-7-10-4-8(2)17-14-10/h4,6,13H,3,7H2,1-2H3. The molecule has 1 heterocycles. The summed E-state index contributed by atoms with van der Waals surface area (Å²) >= 11 is 0. The Balaban J connectivity index is 2.51. The molecule has 0 radical (unpaired) electrons. The van der Waals surface area contributed by atoms with Crippen LogP contribution in [0.2, 0.25) is 0 Å². The average Bonchev–Trinajstić information content (AvgIpc) is 2.71. The molecule has 6 nitrogen and oxygen atoms in total. The van der Waals surface area contributed by atoms with Crippen LogP contribution in [-0.2, 0) is 16.1 Å². The van der Waals surface area contributed by atoms with Gasteiger partial charge >= 0.3 is 5.97 Å². The van der Waals surface area contributed by atoms with Crippen LogP contribution in [0.25, 0.3) is 0 Å². The Morgan fingerprint density at radius 1 is 1.76 bits per heavy atom. The van der Waals surface area contributed by atoms with Crippen LogP contribution in [0.5, 0.6) is 0 Å². The van der Waals surface area contributed by atoms with Crippen LogP contribution >= 0.6 is 0 Å². The topological polar surface area (TPSA) is 88.2 Å². The predicted molar refractivity (Wildman–Crippen MR) is 58.4 cm³/mol. The molecular weight excluding hydrogens is 222 g/mol. The van der Waals surface area contributed by atoms with E-state index in [2.05, 4.69) is 10.5 Å². The lowest BCUT2D eigenvalue weighted by atomic mass is 10.3. The van der Waals surface area contributed by atoms with Crippen molar-refractivity contribution in [2.45, 2.75) is 20.4 Å². The van der Waals surface area contributed by atoms with Gasteiger partial charge in [0, 0.05) is 12.3 Å². The Bertz CT molecular complexity index is 457. The van der Waals surface area contributed by atoms with Gasteiger partial charge in [-0.2, -0.15) is 5.26 Å². The number of rotatable bonds is 5. The summed E-state index contributed by atoms with van der Waals surface area (Å²) in [6.45, 7) is 4.08. The van der Waals surface area contributed by atoms with Gasteiger partial charge in [-0.05, 0) is 13.8 Å². The molecule has 0 aliphatic carbocycles. The summed E-state index contributed by atoms with van der Waals surface area (Å²) in [4.78, 5) is 11.2. The summed E-state index contributed by atoms with van der Waals surface area (Å²) in [5, 5.41) is 15.3. The Morgan fingerprint density at radius 2 is 2.53 bits per heavy atom. The summed E-state index contributed by atoms with van der Waals surface area (Å²) in [6, 6.07) is 3.52. The molecule has 1 rings (SSSR count). The number of hydrogen-bond donors (Lipinski definition) is 1. The zero-order chi connectivity index (χ0) is 12.7. The monoisotopic (exact) mass is 235 g/mol. The fraction of sp³-hybridized carbons (Fsp3) is 0.364. The van der Waals surface area contributed by atoms with Gasteiger partial charge in [0.2, 0.25) is 0 Å². The molecule has 0 aliphatic rings.